The second-order valence-electron chi connectivity index (χ2n) is 8.66. The van der Waals surface area contributed by atoms with Gasteiger partial charge < -0.3 is 14.2 Å². The third-order valence-electron chi connectivity index (χ3n) is 6.73. The highest BCUT2D eigenvalue weighted by Gasteiger charge is 2.32. The first-order valence-corrected chi connectivity index (χ1v) is 11.0. The molecule has 0 amide bonds. The summed E-state index contributed by atoms with van der Waals surface area (Å²) in [6.45, 7) is 6.41. The van der Waals surface area contributed by atoms with Crippen LogP contribution in [0.3, 0.4) is 0 Å². The number of aromatic nitrogens is 1. The Morgan fingerprint density at radius 1 is 0.781 bits per heavy atom. The highest BCUT2D eigenvalue weighted by Crippen LogP contribution is 2.48. The van der Waals surface area contributed by atoms with Gasteiger partial charge >= 0.3 is 0 Å². The van der Waals surface area contributed by atoms with E-state index in [4.69, 9.17) is 4.42 Å². The second-order valence-corrected chi connectivity index (χ2v) is 8.66. The Balaban J connectivity index is 1.70. The number of nitrogens with zero attached hydrogens (tertiary/aromatic N) is 3. The summed E-state index contributed by atoms with van der Waals surface area (Å²) in [6, 6.07) is 25.8. The molecule has 4 heteroatoms. The lowest BCUT2D eigenvalue weighted by Crippen LogP contribution is -2.42. The van der Waals surface area contributed by atoms with Gasteiger partial charge in [-0.15, -0.1) is 0 Å². The molecule has 1 aliphatic rings. The van der Waals surface area contributed by atoms with Gasteiger partial charge in [0.15, 0.2) is 5.58 Å². The van der Waals surface area contributed by atoms with Gasteiger partial charge in [-0.2, -0.15) is 0 Å². The predicted octanol–water partition coefficient (Wildman–Crippen LogP) is 7.20. The van der Waals surface area contributed by atoms with Crippen molar-refractivity contribution < 1.29 is 4.42 Å². The predicted molar refractivity (Wildman–Crippen MR) is 133 cm³/mol. The topological polar surface area (TPSA) is 32.5 Å². The average molecular weight is 420 g/mol. The molecule has 5 aromatic rings. The van der Waals surface area contributed by atoms with E-state index in [9.17, 15) is 0 Å². The zero-order chi connectivity index (χ0) is 22.0. The summed E-state index contributed by atoms with van der Waals surface area (Å²) >= 11 is 0. The Morgan fingerprint density at radius 2 is 1.44 bits per heavy atom. The number of hydrogen-bond donors (Lipinski definition) is 0. The van der Waals surface area contributed by atoms with Crippen LogP contribution in [0.1, 0.15) is 18.2 Å². The molecule has 1 atom stereocenters. The quantitative estimate of drug-likeness (QED) is 0.288. The number of aryl methyl sites for hydroxylation is 2. The lowest BCUT2D eigenvalue weighted by atomic mass is 10.0. The molecule has 0 radical (unpaired) electrons. The van der Waals surface area contributed by atoms with Crippen molar-refractivity contribution >= 4 is 39.1 Å². The fourth-order valence-electron chi connectivity index (χ4n) is 5.00. The molecule has 3 aromatic carbocycles. The van der Waals surface area contributed by atoms with Crippen LogP contribution >= 0.6 is 0 Å². The molecule has 6 rings (SSSR count). The Morgan fingerprint density at radius 3 is 2.22 bits per heavy atom. The monoisotopic (exact) mass is 419 g/mol. The van der Waals surface area contributed by atoms with Gasteiger partial charge in [0, 0.05) is 40.3 Å². The van der Waals surface area contributed by atoms with Crippen molar-refractivity contribution in [3.05, 3.63) is 84.1 Å². The summed E-state index contributed by atoms with van der Waals surface area (Å²) in [6.07, 6.45) is 0.0759. The molecule has 2 aromatic heterocycles. The Kier molecular flexibility index (Phi) is 4.06. The SMILES string of the molecule is Cc1ccc2c(n1)oc1c(N3c4ccccc4-c4ccccc4N(C)[C@@H]3C)c(C)ccc12. The normalized spacial score (nSPS) is 15.7. The number of benzene rings is 3. The molecule has 0 aliphatic carbocycles. The number of anilines is 3. The fourth-order valence-corrected chi connectivity index (χ4v) is 5.00. The number of fused-ring (bicyclic) bond motifs is 6. The average Bonchev–Trinajstić information content (AvgIpc) is 3.14. The van der Waals surface area contributed by atoms with E-state index in [-0.39, 0.29) is 6.17 Å². The van der Waals surface area contributed by atoms with Crippen LogP contribution in [0.25, 0.3) is 33.2 Å². The molecule has 158 valence electrons. The van der Waals surface area contributed by atoms with Crippen molar-refractivity contribution in [2.24, 2.45) is 0 Å². The van der Waals surface area contributed by atoms with Gasteiger partial charge in [-0.1, -0.05) is 48.5 Å². The molecular weight excluding hydrogens is 394 g/mol. The highest BCUT2D eigenvalue weighted by atomic mass is 16.3. The standard InChI is InChI=1S/C28H25N3O/c1-17-13-15-22-23-16-14-18(2)29-28(23)32-27(22)26(17)31-19(3)30(4)24-11-7-5-9-20(24)21-10-6-8-12-25(21)31/h5-16,19H,1-4H3/t19-/m0/s1. The van der Waals surface area contributed by atoms with Gasteiger partial charge in [-0.3, -0.25) is 0 Å². The minimum absolute atomic E-state index is 0.0759. The summed E-state index contributed by atoms with van der Waals surface area (Å²) in [5.74, 6) is 0. The summed E-state index contributed by atoms with van der Waals surface area (Å²) in [4.78, 5) is 9.43. The van der Waals surface area contributed by atoms with Gasteiger partial charge in [0.25, 0.3) is 0 Å². The van der Waals surface area contributed by atoms with E-state index in [2.05, 4.69) is 102 Å². The third kappa shape index (κ3) is 2.59. The molecule has 0 spiro atoms. The number of pyridine rings is 1. The maximum absolute atomic E-state index is 6.44. The fraction of sp³-hybridized carbons (Fsp3) is 0.179. The molecule has 0 fully saturated rings. The van der Waals surface area contributed by atoms with Crippen LogP contribution in [0.4, 0.5) is 17.1 Å². The van der Waals surface area contributed by atoms with E-state index in [0.717, 1.165) is 27.7 Å². The smallest absolute Gasteiger partial charge is 0.227 e. The molecule has 4 nitrogen and oxygen atoms in total. The Hall–Kier alpha value is -3.79. The van der Waals surface area contributed by atoms with Crippen molar-refractivity contribution in [1.82, 2.24) is 4.98 Å². The van der Waals surface area contributed by atoms with E-state index < -0.39 is 0 Å². The molecule has 0 unspecified atom stereocenters. The maximum Gasteiger partial charge on any atom is 0.227 e. The van der Waals surface area contributed by atoms with Gasteiger partial charge in [0.1, 0.15) is 6.17 Å². The van der Waals surface area contributed by atoms with Crippen LogP contribution in [0.5, 0.6) is 0 Å². The van der Waals surface area contributed by atoms with Crippen LogP contribution in [-0.2, 0) is 0 Å². The maximum atomic E-state index is 6.44. The minimum atomic E-state index is 0.0759. The van der Waals surface area contributed by atoms with Crippen molar-refractivity contribution in [1.29, 1.82) is 0 Å². The Labute approximate surface area is 187 Å². The summed E-state index contributed by atoms with van der Waals surface area (Å²) in [7, 11) is 2.17. The first-order valence-electron chi connectivity index (χ1n) is 11.0. The first-order chi connectivity index (χ1) is 15.5. The van der Waals surface area contributed by atoms with Gasteiger partial charge in [0.2, 0.25) is 5.71 Å². The third-order valence-corrected chi connectivity index (χ3v) is 6.73. The molecule has 0 bridgehead atoms. The second kappa shape index (κ2) is 6.86. The van der Waals surface area contributed by atoms with Gasteiger partial charge in [-0.25, -0.2) is 4.98 Å². The van der Waals surface area contributed by atoms with Crippen molar-refractivity contribution in [3.63, 3.8) is 0 Å². The zero-order valence-electron chi connectivity index (χ0n) is 18.8. The van der Waals surface area contributed by atoms with E-state index in [1.807, 2.05) is 13.0 Å². The minimum Gasteiger partial charge on any atom is -0.435 e. The van der Waals surface area contributed by atoms with Crippen LogP contribution in [0, 0.1) is 13.8 Å². The summed E-state index contributed by atoms with van der Waals surface area (Å²) in [5, 5.41) is 2.15. The number of rotatable bonds is 1. The summed E-state index contributed by atoms with van der Waals surface area (Å²) in [5.41, 5.74) is 9.68. The largest absolute Gasteiger partial charge is 0.435 e. The molecule has 32 heavy (non-hydrogen) atoms. The summed E-state index contributed by atoms with van der Waals surface area (Å²) < 4.78 is 6.44. The molecule has 3 heterocycles. The molecule has 0 saturated heterocycles. The van der Waals surface area contributed by atoms with Crippen LogP contribution in [-0.4, -0.2) is 18.2 Å². The first kappa shape index (κ1) is 18.9. The van der Waals surface area contributed by atoms with E-state index in [1.54, 1.807) is 0 Å². The van der Waals surface area contributed by atoms with Crippen LogP contribution in [0.15, 0.2) is 77.2 Å². The number of hydrogen-bond acceptors (Lipinski definition) is 4. The molecule has 1 aliphatic heterocycles. The Bertz CT molecular complexity index is 1500. The van der Waals surface area contributed by atoms with E-state index >= 15 is 0 Å². The van der Waals surface area contributed by atoms with Crippen molar-refractivity contribution in [3.8, 4) is 11.1 Å². The van der Waals surface area contributed by atoms with E-state index in [1.165, 1.54) is 28.1 Å². The molecule has 0 saturated carbocycles. The molecule has 0 N–H and O–H groups in total. The van der Waals surface area contributed by atoms with Crippen LogP contribution in [0.2, 0.25) is 0 Å². The van der Waals surface area contributed by atoms with E-state index in [0.29, 0.717) is 5.71 Å². The zero-order valence-corrected chi connectivity index (χ0v) is 18.8. The highest BCUT2D eigenvalue weighted by molar-refractivity contribution is 6.10. The van der Waals surface area contributed by atoms with Gasteiger partial charge in [-0.05, 0) is 50.6 Å². The van der Waals surface area contributed by atoms with Crippen molar-refractivity contribution in [2.45, 2.75) is 26.9 Å². The number of para-hydroxylation sites is 2. The number of furan rings is 1. The molecular formula is C28H25N3O. The lowest BCUT2D eigenvalue weighted by Gasteiger charge is -2.37. The van der Waals surface area contributed by atoms with Crippen LogP contribution < -0.4 is 9.80 Å². The van der Waals surface area contributed by atoms with Crippen molar-refractivity contribution in [2.75, 3.05) is 16.8 Å². The lowest BCUT2D eigenvalue weighted by molar-refractivity contribution is 0.643. The van der Waals surface area contributed by atoms with Gasteiger partial charge in [0.05, 0.1) is 11.4 Å².